The average molecular weight is 338 g/mol. The molecule has 1 aromatic heterocycles. The fourth-order valence-electron chi connectivity index (χ4n) is 2.56. The van der Waals surface area contributed by atoms with Crippen LogP contribution in [0.25, 0.3) is 0 Å². The predicted molar refractivity (Wildman–Crippen MR) is 91.1 cm³/mol. The van der Waals surface area contributed by atoms with E-state index >= 15 is 0 Å². The topological polar surface area (TPSA) is 76.5 Å². The van der Waals surface area contributed by atoms with Crippen molar-refractivity contribution in [3.63, 3.8) is 0 Å². The minimum atomic E-state index is -1.17. The first kappa shape index (κ1) is 16.9. The number of carbonyl (C=O) groups is 1. The highest BCUT2D eigenvalue weighted by Crippen LogP contribution is 2.23. The molecule has 2 rings (SSSR count). The first-order valence-corrected chi connectivity index (χ1v) is 8.62. The van der Waals surface area contributed by atoms with Crippen molar-refractivity contribution in [3.05, 3.63) is 21.9 Å². The van der Waals surface area contributed by atoms with E-state index in [9.17, 15) is 9.90 Å². The molecule has 5 nitrogen and oxygen atoms in total. The normalized spacial score (nSPS) is 22.2. The van der Waals surface area contributed by atoms with Crippen molar-refractivity contribution in [2.24, 2.45) is 11.0 Å². The van der Waals surface area contributed by atoms with E-state index in [1.165, 1.54) is 25.3 Å². The second-order valence-corrected chi connectivity index (χ2v) is 7.09. The molecule has 1 saturated carbocycles. The summed E-state index contributed by atoms with van der Waals surface area (Å²) >= 11 is 6.41. The Balaban J connectivity index is 1.89. The number of hydrogen-bond acceptors (Lipinski definition) is 5. The zero-order chi connectivity index (χ0) is 16.1. The smallest absolute Gasteiger partial charge is 0.187 e. The number of hydrazone groups is 1. The summed E-state index contributed by atoms with van der Waals surface area (Å²) in [5.41, 5.74) is 3.53. The number of nitrogens with one attached hydrogen (secondary N) is 2. The van der Waals surface area contributed by atoms with E-state index < -0.39 is 5.97 Å². The van der Waals surface area contributed by atoms with Gasteiger partial charge in [-0.05, 0) is 50.0 Å². The maximum atomic E-state index is 10.8. The molecule has 0 bridgehead atoms. The molecule has 0 radical (unpaired) electrons. The first-order chi connectivity index (χ1) is 10.5. The van der Waals surface area contributed by atoms with Gasteiger partial charge < -0.3 is 15.2 Å². The molecule has 1 heterocycles. The van der Waals surface area contributed by atoms with Gasteiger partial charge in [-0.25, -0.2) is 0 Å². The molecule has 1 aliphatic carbocycles. The van der Waals surface area contributed by atoms with Crippen molar-refractivity contribution < 1.29 is 9.90 Å². The lowest BCUT2D eigenvalue weighted by molar-refractivity contribution is -0.254. The second kappa shape index (κ2) is 7.69. The Morgan fingerprint density at radius 1 is 1.36 bits per heavy atom. The fraction of sp³-hybridized carbons (Fsp3) is 0.533. The van der Waals surface area contributed by atoms with Crippen LogP contribution in [-0.4, -0.2) is 22.8 Å². The Morgan fingerprint density at radius 2 is 2.05 bits per heavy atom. The minimum Gasteiger partial charge on any atom is -0.544 e. The van der Waals surface area contributed by atoms with Crippen LogP contribution in [0.3, 0.4) is 0 Å². The number of thiocarbonyl (C=S) groups is 1. The maximum absolute atomic E-state index is 10.8. The van der Waals surface area contributed by atoms with Crippen LogP contribution in [0.4, 0.5) is 0 Å². The molecule has 0 aromatic carbocycles. The summed E-state index contributed by atoms with van der Waals surface area (Å²) in [6, 6.07) is 3.64. The lowest BCUT2D eigenvalue weighted by atomic mass is 9.86. The number of thiophene rings is 1. The van der Waals surface area contributed by atoms with Crippen molar-refractivity contribution >= 4 is 40.3 Å². The quantitative estimate of drug-likeness (QED) is 0.498. The van der Waals surface area contributed by atoms with E-state index in [-0.39, 0.29) is 4.88 Å². The summed E-state index contributed by atoms with van der Waals surface area (Å²) in [5.74, 6) is -0.554. The molecule has 22 heavy (non-hydrogen) atoms. The van der Waals surface area contributed by atoms with Crippen LogP contribution in [0, 0.1) is 5.92 Å². The Hall–Kier alpha value is -1.47. The van der Waals surface area contributed by atoms with Gasteiger partial charge in [-0.3, -0.25) is 5.43 Å². The maximum Gasteiger partial charge on any atom is 0.187 e. The molecule has 0 saturated heterocycles. The third kappa shape index (κ3) is 4.51. The summed E-state index contributed by atoms with van der Waals surface area (Å²) in [6.07, 6.45) is 4.87. The molecule has 0 unspecified atom stereocenters. The largest absolute Gasteiger partial charge is 0.544 e. The van der Waals surface area contributed by atoms with Gasteiger partial charge in [0, 0.05) is 6.04 Å². The van der Waals surface area contributed by atoms with Gasteiger partial charge in [-0.1, -0.05) is 19.8 Å². The lowest BCUT2D eigenvalue weighted by Gasteiger charge is -2.30. The third-order valence-electron chi connectivity index (χ3n) is 3.92. The molecule has 7 heteroatoms. The number of aromatic carboxylic acids is 1. The Morgan fingerprint density at radius 3 is 2.68 bits per heavy atom. The number of carbonyl (C=O) groups excluding carboxylic acids is 1. The Kier molecular flexibility index (Phi) is 5.90. The standard InChI is InChI=1S/C15H21N3O2S2/c1-9-5-3-4-6-11(9)16-15(21)18-17-10(2)12-7-8-13(22-12)14(19)20/h7-9,11H,3-6H2,1-2H3,(H,19,20)(H2,16,18,21)/p-1/b17-10-/t9-,11+/m1/s1. The SMILES string of the molecule is C/C(=N/NC(=S)N[C@H]1CCCC[C@H]1C)c1ccc(C(=O)[O-])s1. The molecular weight excluding hydrogens is 318 g/mol. The molecule has 1 aliphatic rings. The summed E-state index contributed by atoms with van der Waals surface area (Å²) < 4.78 is 0. The van der Waals surface area contributed by atoms with Gasteiger partial charge in [0.2, 0.25) is 0 Å². The van der Waals surface area contributed by atoms with Crippen molar-refractivity contribution in [1.82, 2.24) is 10.7 Å². The van der Waals surface area contributed by atoms with Crippen LogP contribution in [0.2, 0.25) is 0 Å². The van der Waals surface area contributed by atoms with Gasteiger partial charge in [0.05, 0.1) is 21.4 Å². The van der Waals surface area contributed by atoms with Gasteiger partial charge in [-0.2, -0.15) is 5.10 Å². The van der Waals surface area contributed by atoms with Crippen LogP contribution in [0.5, 0.6) is 0 Å². The van der Waals surface area contributed by atoms with Crippen LogP contribution in [0.1, 0.15) is 54.1 Å². The van der Waals surface area contributed by atoms with E-state index in [0.29, 0.717) is 22.8 Å². The van der Waals surface area contributed by atoms with Gasteiger partial charge in [-0.15, -0.1) is 11.3 Å². The summed E-state index contributed by atoms with van der Waals surface area (Å²) in [4.78, 5) is 11.7. The van der Waals surface area contributed by atoms with Gasteiger partial charge in [0.15, 0.2) is 5.11 Å². The molecule has 0 amide bonds. The molecule has 2 N–H and O–H groups in total. The Labute approximate surface area is 139 Å². The first-order valence-electron chi connectivity index (χ1n) is 7.39. The lowest BCUT2D eigenvalue weighted by Crippen LogP contribution is -2.44. The summed E-state index contributed by atoms with van der Waals surface area (Å²) in [7, 11) is 0. The van der Waals surface area contributed by atoms with Crippen LogP contribution < -0.4 is 15.8 Å². The van der Waals surface area contributed by atoms with Crippen molar-refractivity contribution in [2.75, 3.05) is 0 Å². The van der Waals surface area contributed by atoms with Crippen LogP contribution >= 0.6 is 23.6 Å². The Bertz CT molecular complexity index is 583. The summed E-state index contributed by atoms with van der Waals surface area (Å²) in [6.45, 7) is 4.05. The molecule has 0 aliphatic heterocycles. The van der Waals surface area contributed by atoms with Gasteiger partial charge in [0.1, 0.15) is 0 Å². The highest BCUT2D eigenvalue weighted by Gasteiger charge is 2.21. The number of nitrogens with zero attached hydrogens (tertiary/aromatic N) is 1. The van der Waals surface area contributed by atoms with Crippen LogP contribution in [0.15, 0.2) is 17.2 Å². The highest BCUT2D eigenvalue weighted by molar-refractivity contribution is 7.80. The number of carboxylic acids is 1. The van der Waals surface area contributed by atoms with Crippen molar-refractivity contribution in [3.8, 4) is 0 Å². The van der Waals surface area contributed by atoms with Gasteiger partial charge in [0.25, 0.3) is 0 Å². The van der Waals surface area contributed by atoms with E-state index in [4.69, 9.17) is 12.2 Å². The third-order valence-corrected chi connectivity index (χ3v) is 5.30. The van der Waals surface area contributed by atoms with Crippen LogP contribution in [-0.2, 0) is 0 Å². The molecule has 2 atom stereocenters. The average Bonchev–Trinajstić information content (AvgIpc) is 2.97. The summed E-state index contributed by atoms with van der Waals surface area (Å²) in [5, 5.41) is 18.8. The number of carboxylic acid groups (broad SMARTS) is 1. The van der Waals surface area contributed by atoms with E-state index in [0.717, 1.165) is 22.6 Å². The minimum absolute atomic E-state index is 0.196. The van der Waals surface area contributed by atoms with Crippen molar-refractivity contribution in [1.29, 1.82) is 0 Å². The molecule has 1 aromatic rings. The fourth-order valence-corrected chi connectivity index (χ4v) is 3.55. The van der Waals surface area contributed by atoms with E-state index in [1.54, 1.807) is 6.07 Å². The number of hydrogen-bond donors (Lipinski definition) is 2. The molecular formula is C15H20N3O2S2-. The number of rotatable bonds is 4. The predicted octanol–water partition coefficient (Wildman–Crippen LogP) is 1.88. The highest BCUT2D eigenvalue weighted by atomic mass is 32.1. The monoisotopic (exact) mass is 338 g/mol. The molecule has 120 valence electrons. The molecule has 1 fully saturated rings. The second-order valence-electron chi connectivity index (χ2n) is 5.60. The molecule has 0 spiro atoms. The van der Waals surface area contributed by atoms with Gasteiger partial charge >= 0.3 is 0 Å². The zero-order valence-electron chi connectivity index (χ0n) is 12.7. The van der Waals surface area contributed by atoms with E-state index in [2.05, 4.69) is 22.8 Å². The zero-order valence-corrected chi connectivity index (χ0v) is 14.4. The van der Waals surface area contributed by atoms with E-state index in [1.807, 2.05) is 6.92 Å². The van der Waals surface area contributed by atoms with Crippen molar-refractivity contribution in [2.45, 2.75) is 45.6 Å².